The van der Waals surface area contributed by atoms with Crippen LogP contribution in [-0.2, 0) is 51.2 Å². The fraction of sp³-hybridized carbons (Fsp3) is 0.567. The highest BCUT2D eigenvalue weighted by molar-refractivity contribution is 6.05. The summed E-state index contributed by atoms with van der Waals surface area (Å²) in [6.07, 6.45) is 0.357. The van der Waals surface area contributed by atoms with Gasteiger partial charge in [0.15, 0.2) is 5.82 Å². The molecule has 0 spiro atoms. The van der Waals surface area contributed by atoms with Crippen LogP contribution in [0.4, 0.5) is 5.69 Å². The maximum atomic E-state index is 13.4. The third kappa shape index (κ3) is 10.1. The summed E-state index contributed by atoms with van der Waals surface area (Å²) in [7, 11) is 0. The van der Waals surface area contributed by atoms with E-state index in [4.69, 9.17) is 9.47 Å². The quantitative estimate of drug-likeness (QED) is 0.153. The molecule has 0 saturated heterocycles. The minimum absolute atomic E-state index is 0.0157. The first-order valence-corrected chi connectivity index (χ1v) is 15.1. The number of para-hydroxylation sites is 1. The molecule has 2 aromatic rings. The Morgan fingerprint density at radius 3 is 2.43 bits per heavy atom. The Labute approximate surface area is 266 Å². The van der Waals surface area contributed by atoms with Crippen molar-refractivity contribution >= 4 is 41.3 Å². The number of esters is 2. The molecule has 0 aliphatic carbocycles. The van der Waals surface area contributed by atoms with Gasteiger partial charge in [0.25, 0.3) is 0 Å². The van der Waals surface area contributed by atoms with E-state index in [1.807, 2.05) is 19.1 Å². The van der Waals surface area contributed by atoms with Crippen LogP contribution in [0, 0.1) is 11.3 Å². The molecule has 0 unspecified atom stereocenters. The highest BCUT2D eigenvalue weighted by Gasteiger charge is 2.38. The molecule has 0 bridgehead atoms. The molecule has 250 valence electrons. The first kappa shape index (κ1) is 35.6. The standard InChI is InChI=1S/C30H42N8O8/c1-6-18(2)26(33-23(39)11-12-25(41)45-13-14-46-29(44)30(3,4)5)28(43)32-17-24(40)38-20-10-8-7-9-19(20)15-21(38)27(42)31-16-22-34-36-37-35-22/h7-10,18,21,26H,6,11-17H2,1-5H3,(H,31,42)(H,32,43)(H,33,39)(H,34,35,36,37)/t18-,21-,26-/m0/s1. The maximum absolute atomic E-state index is 13.4. The zero-order chi connectivity index (χ0) is 33.9. The zero-order valence-electron chi connectivity index (χ0n) is 26.8. The molecule has 3 rings (SSSR count). The van der Waals surface area contributed by atoms with Crippen molar-refractivity contribution in [3.05, 3.63) is 35.7 Å². The Hall–Kier alpha value is -4.89. The van der Waals surface area contributed by atoms with E-state index in [9.17, 15) is 28.8 Å². The van der Waals surface area contributed by atoms with Crippen molar-refractivity contribution in [2.45, 2.75) is 78.9 Å². The summed E-state index contributed by atoms with van der Waals surface area (Å²) in [5.74, 6) is -3.15. The fourth-order valence-electron chi connectivity index (χ4n) is 4.54. The highest BCUT2D eigenvalue weighted by Crippen LogP contribution is 2.32. The molecule has 1 aromatic heterocycles. The lowest BCUT2D eigenvalue weighted by molar-refractivity contribution is -0.158. The number of aromatic nitrogens is 4. The largest absolute Gasteiger partial charge is 0.462 e. The SMILES string of the molecule is CC[C@H](C)[C@H](NC(=O)CCC(=O)OCCOC(=O)C(C)(C)C)C(=O)NCC(=O)N1c2ccccc2C[C@H]1C(=O)NCc1nn[nH]n1. The molecule has 46 heavy (non-hydrogen) atoms. The van der Waals surface area contributed by atoms with E-state index in [2.05, 4.69) is 36.6 Å². The number of amides is 4. The van der Waals surface area contributed by atoms with Crippen molar-refractivity contribution in [3.8, 4) is 0 Å². The fourth-order valence-corrected chi connectivity index (χ4v) is 4.54. The predicted octanol–water partition coefficient (Wildman–Crippen LogP) is 0.334. The number of nitrogens with zero attached hydrogens (tertiary/aromatic N) is 4. The van der Waals surface area contributed by atoms with E-state index in [0.29, 0.717) is 12.1 Å². The molecular weight excluding hydrogens is 600 g/mol. The number of aromatic amines is 1. The molecule has 0 radical (unpaired) electrons. The van der Waals surface area contributed by atoms with Gasteiger partial charge in [0.05, 0.1) is 24.9 Å². The van der Waals surface area contributed by atoms with E-state index in [1.54, 1.807) is 39.8 Å². The van der Waals surface area contributed by atoms with Crippen molar-refractivity contribution in [2.75, 3.05) is 24.7 Å². The van der Waals surface area contributed by atoms with Gasteiger partial charge >= 0.3 is 11.9 Å². The third-order valence-corrected chi connectivity index (χ3v) is 7.33. The lowest BCUT2D eigenvalue weighted by Gasteiger charge is -2.26. The second-order valence-corrected chi connectivity index (χ2v) is 11.9. The molecule has 1 aliphatic rings. The van der Waals surface area contributed by atoms with Gasteiger partial charge in [-0.05, 0) is 38.3 Å². The Morgan fingerprint density at radius 2 is 1.76 bits per heavy atom. The van der Waals surface area contributed by atoms with Crippen molar-refractivity contribution in [3.63, 3.8) is 0 Å². The number of carbonyl (C=O) groups excluding carboxylic acids is 6. The summed E-state index contributed by atoms with van der Waals surface area (Å²) in [6.45, 7) is 8.10. The number of rotatable bonds is 15. The van der Waals surface area contributed by atoms with Crippen molar-refractivity contribution in [1.29, 1.82) is 0 Å². The monoisotopic (exact) mass is 642 g/mol. The average Bonchev–Trinajstić information content (AvgIpc) is 3.69. The Kier molecular flexibility index (Phi) is 12.7. The highest BCUT2D eigenvalue weighted by atomic mass is 16.6. The van der Waals surface area contributed by atoms with Crippen LogP contribution in [0.5, 0.6) is 0 Å². The van der Waals surface area contributed by atoms with Gasteiger partial charge in [0.1, 0.15) is 25.3 Å². The zero-order valence-corrected chi connectivity index (χ0v) is 26.8. The van der Waals surface area contributed by atoms with E-state index >= 15 is 0 Å². The summed E-state index contributed by atoms with van der Waals surface area (Å²) in [5.41, 5.74) is 0.688. The Morgan fingerprint density at radius 1 is 1.04 bits per heavy atom. The second-order valence-electron chi connectivity index (χ2n) is 11.9. The van der Waals surface area contributed by atoms with E-state index in [0.717, 1.165) is 5.56 Å². The van der Waals surface area contributed by atoms with Gasteiger partial charge in [-0.15, -0.1) is 10.2 Å². The molecule has 1 aromatic carbocycles. The van der Waals surface area contributed by atoms with Gasteiger partial charge in [-0.25, -0.2) is 0 Å². The minimum atomic E-state index is -0.974. The van der Waals surface area contributed by atoms with Crippen LogP contribution >= 0.6 is 0 Å². The van der Waals surface area contributed by atoms with E-state index < -0.39 is 59.6 Å². The number of tetrazole rings is 1. The van der Waals surface area contributed by atoms with Gasteiger partial charge < -0.3 is 25.4 Å². The smallest absolute Gasteiger partial charge is 0.311 e. The topological polar surface area (TPSA) is 215 Å². The molecular formula is C30H42N8O8. The number of hydrogen-bond donors (Lipinski definition) is 4. The number of anilines is 1. The molecule has 0 saturated carbocycles. The van der Waals surface area contributed by atoms with Crippen LogP contribution in [0.25, 0.3) is 0 Å². The van der Waals surface area contributed by atoms with Gasteiger partial charge in [0, 0.05) is 18.5 Å². The molecule has 16 nitrogen and oxygen atoms in total. The van der Waals surface area contributed by atoms with E-state index in [1.165, 1.54) is 4.90 Å². The van der Waals surface area contributed by atoms with Crippen molar-refractivity contribution < 1.29 is 38.2 Å². The number of H-pyrrole nitrogens is 1. The number of carbonyl (C=O) groups is 6. The molecule has 4 amide bonds. The molecule has 4 N–H and O–H groups in total. The first-order chi connectivity index (χ1) is 21.8. The Bertz CT molecular complexity index is 1390. The molecule has 16 heteroatoms. The molecule has 0 fully saturated rings. The van der Waals surface area contributed by atoms with Crippen LogP contribution in [-0.4, -0.2) is 88.0 Å². The number of benzene rings is 1. The summed E-state index contributed by atoms with van der Waals surface area (Å²) >= 11 is 0. The van der Waals surface area contributed by atoms with Crippen molar-refractivity contribution in [2.24, 2.45) is 11.3 Å². The average molecular weight is 643 g/mol. The summed E-state index contributed by atoms with van der Waals surface area (Å²) in [4.78, 5) is 77.6. The number of fused-ring (bicyclic) bond motifs is 1. The van der Waals surface area contributed by atoms with Crippen LogP contribution in [0.1, 0.15) is 65.3 Å². The van der Waals surface area contributed by atoms with Gasteiger partial charge in [-0.2, -0.15) is 5.21 Å². The molecule has 1 aliphatic heterocycles. The number of ether oxygens (including phenoxy) is 2. The molecule has 3 atom stereocenters. The third-order valence-electron chi connectivity index (χ3n) is 7.33. The summed E-state index contributed by atoms with van der Waals surface area (Å²) < 4.78 is 10.1. The van der Waals surface area contributed by atoms with Crippen LogP contribution < -0.4 is 20.9 Å². The molecule has 2 heterocycles. The van der Waals surface area contributed by atoms with Crippen LogP contribution in [0.3, 0.4) is 0 Å². The number of hydrogen-bond acceptors (Lipinski definition) is 11. The van der Waals surface area contributed by atoms with Crippen molar-refractivity contribution in [1.82, 2.24) is 36.6 Å². The van der Waals surface area contributed by atoms with Gasteiger partial charge in [-0.3, -0.25) is 33.7 Å². The first-order valence-electron chi connectivity index (χ1n) is 15.1. The maximum Gasteiger partial charge on any atom is 0.311 e. The van der Waals surface area contributed by atoms with Crippen LogP contribution in [0.15, 0.2) is 24.3 Å². The lowest BCUT2D eigenvalue weighted by atomic mass is 9.97. The van der Waals surface area contributed by atoms with Gasteiger partial charge in [0.2, 0.25) is 23.6 Å². The van der Waals surface area contributed by atoms with E-state index in [-0.39, 0.29) is 50.8 Å². The second kappa shape index (κ2) is 16.4. The summed E-state index contributed by atoms with van der Waals surface area (Å²) in [6, 6.07) is 5.29. The normalized spacial score (nSPS) is 15.2. The van der Waals surface area contributed by atoms with Crippen LogP contribution in [0.2, 0.25) is 0 Å². The minimum Gasteiger partial charge on any atom is -0.462 e. The predicted molar refractivity (Wildman–Crippen MR) is 162 cm³/mol. The van der Waals surface area contributed by atoms with Gasteiger partial charge in [-0.1, -0.05) is 43.7 Å². The number of nitrogens with one attached hydrogen (secondary N) is 4. The Balaban J connectivity index is 1.52. The summed E-state index contributed by atoms with van der Waals surface area (Å²) in [5, 5.41) is 21.3. The lowest BCUT2D eigenvalue weighted by Crippen LogP contribution is -2.54.